The fraction of sp³-hybridized carbons (Fsp3) is 0.250. The van der Waals surface area contributed by atoms with Crippen LogP contribution < -0.4 is 0 Å². The number of hydrogen-bond acceptors (Lipinski definition) is 1. The van der Waals surface area contributed by atoms with Crippen molar-refractivity contribution in [2.75, 3.05) is 0 Å². The number of aliphatic hydroxyl groups is 1. The van der Waals surface area contributed by atoms with Crippen LogP contribution in [0.2, 0.25) is 0 Å². The van der Waals surface area contributed by atoms with Crippen molar-refractivity contribution in [1.29, 1.82) is 0 Å². The molecule has 0 bridgehead atoms. The van der Waals surface area contributed by atoms with Gasteiger partial charge in [-0.15, -0.1) is 0 Å². The highest BCUT2D eigenvalue weighted by Crippen LogP contribution is 2.28. The fourth-order valence-corrected chi connectivity index (χ4v) is 2.71. The maximum Gasteiger partial charge on any atom is 0.0830 e. The molecular weight excluding hydrogens is 368 g/mol. The van der Waals surface area contributed by atoms with Gasteiger partial charge in [0.2, 0.25) is 0 Å². The Labute approximate surface area is 130 Å². The van der Waals surface area contributed by atoms with E-state index in [9.17, 15) is 5.11 Å². The number of benzene rings is 2. The molecule has 1 nitrogen and oxygen atoms in total. The average Bonchev–Trinajstić information content (AvgIpc) is 2.37. The molecule has 100 valence electrons. The molecule has 19 heavy (non-hydrogen) atoms. The summed E-state index contributed by atoms with van der Waals surface area (Å²) in [5, 5.41) is 10.4. The third kappa shape index (κ3) is 3.68. The van der Waals surface area contributed by atoms with Crippen molar-refractivity contribution in [3.8, 4) is 0 Å². The lowest BCUT2D eigenvalue weighted by Crippen LogP contribution is -2.03. The quantitative estimate of drug-likeness (QED) is 0.781. The van der Waals surface area contributed by atoms with Gasteiger partial charge in [-0.05, 0) is 74.5 Å². The summed E-state index contributed by atoms with van der Waals surface area (Å²) in [6.07, 6.45) is 0.159. The summed E-state index contributed by atoms with van der Waals surface area (Å²) in [4.78, 5) is 0. The van der Waals surface area contributed by atoms with Gasteiger partial charge in [-0.3, -0.25) is 0 Å². The molecule has 0 radical (unpaired) electrons. The van der Waals surface area contributed by atoms with Gasteiger partial charge in [0, 0.05) is 15.4 Å². The van der Waals surface area contributed by atoms with Crippen LogP contribution in [0.5, 0.6) is 0 Å². The Morgan fingerprint density at radius 3 is 2.42 bits per heavy atom. The first-order valence-electron chi connectivity index (χ1n) is 6.16. The Hall–Kier alpha value is -0.640. The van der Waals surface area contributed by atoms with E-state index in [0.29, 0.717) is 6.42 Å². The highest BCUT2D eigenvalue weighted by molar-refractivity contribution is 9.13. The van der Waals surface area contributed by atoms with Gasteiger partial charge in [-0.2, -0.15) is 0 Å². The van der Waals surface area contributed by atoms with E-state index in [-0.39, 0.29) is 0 Å². The molecule has 1 unspecified atom stereocenters. The maximum atomic E-state index is 10.4. The molecule has 0 heterocycles. The Morgan fingerprint density at radius 2 is 1.74 bits per heavy atom. The highest BCUT2D eigenvalue weighted by atomic mass is 79.9. The van der Waals surface area contributed by atoms with E-state index in [2.05, 4.69) is 63.9 Å². The predicted octanol–water partition coefficient (Wildman–Crippen LogP) is 5.10. The summed E-state index contributed by atoms with van der Waals surface area (Å²) in [5.41, 5.74) is 4.58. The molecule has 0 saturated heterocycles. The van der Waals surface area contributed by atoms with E-state index < -0.39 is 6.10 Å². The molecule has 2 rings (SSSR count). The van der Waals surface area contributed by atoms with Gasteiger partial charge in [0.05, 0.1) is 6.10 Å². The SMILES string of the molecule is Cc1ccc(C)c(CC(O)c2ccc(Br)c(Br)c2)c1. The van der Waals surface area contributed by atoms with Crippen molar-refractivity contribution in [2.45, 2.75) is 26.4 Å². The smallest absolute Gasteiger partial charge is 0.0830 e. The van der Waals surface area contributed by atoms with Crippen LogP contribution in [0.4, 0.5) is 0 Å². The standard InChI is InChI=1S/C16H16Br2O/c1-10-3-4-11(2)13(7-10)9-16(19)12-5-6-14(17)15(18)8-12/h3-8,16,19H,9H2,1-2H3. The minimum absolute atomic E-state index is 0.482. The minimum atomic E-state index is -0.482. The van der Waals surface area contributed by atoms with E-state index in [1.807, 2.05) is 18.2 Å². The molecule has 2 aromatic carbocycles. The van der Waals surface area contributed by atoms with Gasteiger partial charge in [-0.1, -0.05) is 29.8 Å². The lowest BCUT2D eigenvalue weighted by molar-refractivity contribution is 0.178. The van der Waals surface area contributed by atoms with Gasteiger partial charge in [0.25, 0.3) is 0 Å². The second-order valence-corrected chi connectivity index (χ2v) is 6.53. The van der Waals surface area contributed by atoms with Crippen LogP contribution in [-0.4, -0.2) is 5.11 Å². The second-order valence-electron chi connectivity index (χ2n) is 4.82. The molecule has 3 heteroatoms. The van der Waals surface area contributed by atoms with Gasteiger partial charge in [0.15, 0.2) is 0 Å². The first kappa shape index (κ1) is 14.8. The molecule has 0 spiro atoms. The highest BCUT2D eigenvalue weighted by Gasteiger charge is 2.11. The van der Waals surface area contributed by atoms with Crippen LogP contribution in [0.25, 0.3) is 0 Å². The zero-order chi connectivity index (χ0) is 14.0. The molecule has 0 aliphatic heterocycles. The maximum absolute atomic E-state index is 10.4. The van der Waals surface area contributed by atoms with Crippen LogP contribution >= 0.6 is 31.9 Å². The first-order chi connectivity index (χ1) is 8.97. The van der Waals surface area contributed by atoms with E-state index in [0.717, 1.165) is 14.5 Å². The van der Waals surface area contributed by atoms with Gasteiger partial charge in [0.1, 0.15) is 0 Å². The van der Waals surface area contributed by atoms with E-state index in [1.54, 1.807) is 0 Å². The average molecular weight is 384 g/mol. The van der Waals surface area contributed by atoms with Gasteiger partial charge < -0.3 is 5.11 Å². The Balaban J connectivity index is 2.22. The minimum Gasteiger partial charge on any atom is -0.388 e. The lowest BCUT2D eigenvalue weighted by atomic mass is 9.97. The monoisotopic (exact) mass is 382 g/mol. The number of rotatable bonds is 3. The number of hydrogen-bond donors (Lipinski definition) is 1. The summed E-state index contributed by atoms with van der Waals surface area (Å²) in [5.74, 6) is 0. The summed E-state index contributed by atoms with van der Waals surface area (Å²) in [7, 11) is 0. The van der Waals surface area contributed by atoms with Gasteiger partial charge >= 0.3 is 0 Å². The first-order valence-corrected chi connectivity index (χ1v) is 7.75. The summed E-state index contributed by atoms with van der Waals surface area (Å²) in [6.45, 7) is 4.16. The van der Waals surface area contributed by atoms with Crippen LogP contribution in [0, 0.1) is 13.8 Å². The van der Waals surface area contributed by atoms with Crippen LogP contribution in [0.15, 0.2) is 45.3 Å². The van der Waals surface area contributed by atoms with Crippen molar-refractivity contribution in [2.24, 2.45) is 0 Å². The van der Waals surface area contributed by atoms with Crippen molar-refractivity contribution in [1.82, 2.24) is 0 Å². The molecule has 1 N–H and O–H groups in total. The topological polar surface area (TPSA) is 20.2 Å². The van der Waals surface area contributed by atoms with Crippen molar-refractivity contribution >= 4 is 31.9 Å². The summed E-state index contributed by atoms with van der Waals surface area (Å²) < 4.78 is 1.96. The normalized spacial score (nSPS) is 12.5. The van der Waals surface area contributed by atoms with Gasteiger partial charge in [-0.25, -0.2) is 0 Å². The second kappa shape index (κ2) is 6.21. The Bertz CT molecular complexity index is 593. The number of halogens is 2. The zero-order valence-electron chi connectivity index (χ0n) is 11.0. The molecule has 0 saturated carbocycles. The van der Waals surface area contributed by atoms with E-state index in [4.69, 9.17) is 0 Å². The molecule has 0 aliphatic carbocycles. The third-order valence-electron chi connectivity index (χ3n) is 3.25. The predicted molar refractivity (Wildman–Crippen MR) is 86.4 cm³/mol. The third-order valence-corrected chi connectivity index (χ3v) is 5.13. The molecular formula is C16H16Br2O. The number of aliphatic hydroxyl groups excluding tert-OH is 1. The summed E-state index contributed by atoms with van der Waals surface area (Å²) >= 11 is 6.91. The molecule has 1 atom stereocenters. The molecule has 0 aromatic heterocycles. The van der Waals surface area contributed by atoms with Crippen molar-refractivity contribution < 1.29 is 5.11 Å². The summed E-state index contributed by atoms with van der Waals surface area (Å²) in [6, 6.07) is 12.2. The Kier molecular flexibility index (Phi) is 4.82. The molecule has 2 aromatic rings. The largest absolute Gasteiger partial charge is 0.388 e. The van der Waals surface area contributed by atoms with Crippen molar-refractivity contribution in [3.05, 3.63) is 67.6 Å². The zero-order valence-corrected chi connectivity index (χ0v) is 14.1. The Morgan fingerprint density at radius 1 is 1.00 bits per heavy atom. The van der Waals surface area contributed by atoms with E-state index in [1.165, 1.54) is 16.7 Å². The van der Waals surface area contributed by atoms with Crippen LogP contribution in [-0.2, 0) is 6.42 Å². The molecule has 0 fully saturated rings. The van der Waals surface area contributed by atoms with Crippen LogP contribution in [0.1, 0.15) is 28.4 Å². The number of aryl methyl sites for hydroxylation is 2. The van der Waals surface area contributed by atoms with Crippen molar-refractivity contribution in [3.63, 3.8) is 0 Å². The lowest BCUT2D eigenvalue weighted by Gasteiger charge is -2.14. The molecule has 0 aliphatic rings. The molecule has 0 amide bonds. The fourth-order valence-electron chi connectivity index (χ4n) is 2.07. The van der Waals surface area contributed by atoms with E-state index >= 15 is 0 Å². The van der Waals surface area contributed by atoms with Crippen LogP contribution in [0.3, 0.4) is 0 Å².